The first-order chi connectivity index (χ1) is 8.78. The quantitative estimate of drug-likeness (QED) is 0.685. The maximum absolute atomic E-state index is 5.97. The molecular formula is C13H12ClN3S. The van der Waals surface area contributed by atoms with Gasteiger partial charge in [-0.3, -0.25) is 0 Å². The van der Waals surface area contributed by atoms with E-state index in [1.165, 1.54) is 0 Å². The van der Waals surface area contributed by atoms with Crippen LogP contribution >= 0.6 is 22.9 Å². The van der Waals surface area contributed by atoms with E-state index in [4.69, 9.17) is 11.6 Å². The van der Waals surface area contributed by atoms with E-state index in [1.807, 2.05) is 25.1 Å². The lowest BCUT2D eigenvalue weighted by Gasteiger charge is -2.05. The fraction of sp³-hybridized carbons (Fsp3) is 0.231. The minimum Gasteiger partial charge on any atom is -0.321 e. The van der Waals surface area contributed by atoms with Crippen LogP contribution in [0.1, 0.15) is 16.5 Å². The number of alkyl halides is 1. The van der Waals surface area contributed by atoms with E-state index >= 15 is 0 Å². The summed E-state index contributed by atoms with van der Waals surface area (Å²) in [6.45, 7) is 2.75. The summed E-state index contributed by atoms with van der Waals surface area (Å²) >= 11 is 7.64. The molecule has 0 radical (unpaired) electrons. The van der Waals surface area contributed by atoms with E-state index < -0.39 is 0 Å². The molecule has 0 fully saturated rings. The highest BCUT2D eigenvalue weighted by atomic mass is 35.5. The minimum absolute atomic E-state index is 0.414. The van der Waals surface area contributed by atoms with Gasteiger partial charge in [0, 0.05) is 5.38 Å². The second kappa shape index (κ2) is 4.71. The lowest BCUT2D eigenvalue weighted by molar-refractivity contribution is 0.761. The zero-order valence-electron chi connectivity index (χ0n) is 9.93. The van der Waals surface area contributed by atoms with E-state index in [1.54, 1.807) is 11.3 Å². The molecule has 0 spiro atoms. The number of benzene rings is 1. The molecule has 0 unspecified atom stereocenters. The number of aromatic nitrogens is 3. The summed E-state index contributed by atoms with van der Waals surface area (Å²) in [6, 6.07) is 8.08. The average Bonchev–Trinajstić information content (AvgIpc) is 2.94. The summed E-state index contributed by atoms with van der Waals surface area (Å²) in [5.41, 5.74) is 3.16. The highest BCUT2D eigenvalue weighted by Gasteiger charge is 2.10. The van der Waals surface area contributed by atoms with Gasteiger partial charge in [0.25, 0.3) is 0 Å². The van der Waals surface area contributed by atoms with Gasteiger partial charge in [0.1, 0.15) is 5.82 Å². The van der Waals surface area contributed by atoms with E-state index in [0.717, 1.165) is 34.1 Å². The largest absolute Gasteiger partial charge is 0.321 e. The zero-order chi connectivity index (χ0) is 12.5. The van der Waals surface area contributed by atoms with Crippen LogP contribution in [0.5, 0.6) is 0 Å². The summed E-state index contributed by atoms with van der Waals surface area (Å²) < 4.78 is 2.14. The third-order valence-corrected chi connectivity index (χ3v) is 3.90. The molecule has 5 heteroatoms. The van der Waals surface area contributed by atoms with Gasteiger partial charge in [0.15, 0.2) is 0 Å². The first-order valence-electron chi connectivity index (χ1n) is 5.69. The molecule has 18 heavy (non-hydrogen) atoms. The van der Waals surface area contributed by atoms with Crippen molar-refractivity contribution >= 4 is 34.0 Å². The van der Waals surface area contributed by atoms with Gasteiger partial charge in [0.2, 0.25) is 0 Å². The predicted octanol–water partition coefficient (Wildman–Crippen LogP) is 3.59. The van der Waals surface area contributed by atoms with Crippen molar-refractivity contribution in [2.45, 2.75) is 19.3 Å². The Morgan fingerprint density at radius 2 is 2.11 bits per heavy atom. The van der Waals surface area contributed by atoms with Gasteiger partial charge in [0.05, 0.1) is 34.2 Å². The number of aryl methyl sites for hydroxylation is 1. The Morgan fingerprint density at radius 1 is 1.28 bits per heavy atom. The van der Waals surface area contributed by atoms with Crippen molar-refractivity contribution < 1.29 is 0 Å². The molecule has 3 aromatic rings. The molecule has 0 aliphatic heterocycles. The molecule has 3 nitrogen and oxygen atoms in total. The monoisotopic (exact) mass is 277 g/mol. The molecule has 0 atom stereocenters. The summed E-state index contributed by atoms with van der Waals surface area (Å²) in [4.78, 5) is 9.04. The lowest BCUT2D eigenvalue weighted by Crippen LogP contribution is -2.04. The van der Waals surface area contributed by atoms with Crippen molar-refractivity contribution in [3.63, 3.8) is 0 Å². The van der Waals surface area contributed by atoms with Gasteiger partial charge >= 0.3 is 0 Å². The van der Waals surface area contributed by atoms with E-state index in [2.05, 4.69) is 26.0 Å². The third kappa shape index (κ3) is 2.02. The number of halogens is 1. The van der Waals surface area contributed by atoms with Crippen LogP contribution in [0.15, 0.2) is 29.6 Å². The Morgan fingerprint density at radius 3 is 2.83 bits per heavy atom. The van der Waals surface area contributed by atoms with E-state index in [-0.39, 0.29) is 0 Å². The number of para-hydroxylation sites is 2. The second-order valence-corrected chi connectivity index (χ2v) is 5.42. The zero-order valence-corrected chi connectivity index (χ0v) is 11.5. The number of imidazole rings is 1. The molecule has 2 heterocycles. The summed E-state index contributed by atoms with van der Waals surface area (Å²) in [6.07, 6.45) is 0. The molecule has 0 bridgehead atoms. The Balaban J connectivity index is 2.09. The fourth-order valence-corrected chi connectivity index (χ4v) is 2.85. The Hall–Kier alpha value is -1.39. The number of rotatable bonds is 3. The van der Waals surface area contributed by atoms with Crippen molar-refractivity contribution in [3.05, 3.63) is 46.2 Å². The normalized spacial score (nSPS) is 11.2. The van der Waals surface area contributed by atoms with E-state index in [9.17, 15) is 0 Å². The fourth-order valence-electron chi connectivity index (χ4n) is 2.05. The van der Waals surface area contributed by atoms with Gasteiger partial charge in [-0.15, -0.1) is 22.9 Å². The summed E-state index contributed by atoms with van der Waals surface area (Å²) in [7, 11) is 0. The van der Waals surface area contributed by atoms with Gasteiger partial charge in [-0.25, -0.2) is 9.97 Å². The van der Waals surface area contributed by atoms with Gasteiger partial charge in [-0.05, 0) is 19.1 Å². The predicted molar refractivity (Wildman–Crippen MR) is 75.2 cm³/mol. The third-order valence-electron chi connectivity index (χ3n) is 2.84. The first kappa shape index (κ1) is 11.7. The van der Waals surface area contributed by atoms with E-state index in [0.29, 0.717) is 5.88 Å². The number of nitrogens with zero attached hydrogens (tertiary/aromatic N) is 3. The minimum atomic E-state index is 0.414. The van der Waals surface area contributed by atoms with Crippen LogP contribution in [0, 0.1) is 6.92 Å². The van der Waals surface area contributed by atoms with Crippen LogP contribution in [0.4, 0.5) is 0 Å². The highest BCUT2D eigenvalue weighted by molar-refractivity contribution is 7.09. The number of hydrogen-bond donors (Lipinski definition) is 0. The topological polar surface area (TPSA) is 30.7 Å². The molecule has 92 valence electrons. The Bertz CT molecular complexity index is 686. The van der Waals surface area contributed by atoms with Gasteiger partial charge < -0.3 is 4.57 Å². The average molecular weight is 278 g/mol. The van der Waals surface area contributed by atoms with Crippen molar-refractivity contribution in [2.75, 3.05) is 0 Å². The molecule has 0 aliphatic carbocycles. The molecular weight excluding hydrogens is 266 g/mol. The van der Waals surface area contributed by atoms with Crippen LogP contribution in [0.2, 0.25) is 0 Å². The van der Waals surface area contributed by atoms with Crippen molar-refractivity contribution in [2.24, 2.45) is 0 Å². The summed E-state index contributed by atoms with van der Waals surface area (Å²) in [5.74, 6) is 1.31. The maximum atomic E-state index is 5.97. The molecule has 3 rings (SSSR count). The number of fused-ring (bicyclic) bond motifs is 1. The molecule has 0 aliphatic rings. The van der Waals surface area contributed by atoms with Gasteiger partial charge in [-0.1, -0.05) is 12.1 Å². The maximum Gasteiger partial charge on any atom is 0.125 e. The van der Waals surface area contributed by atoms with Gasteiger partial charge in [-0.2, -0.15) is 0 Å². The van der Waals surface area contributed by atoms with Crippen LogP contribution < -0.4 is 0 Å². The molecule has 2 aromatic heterocycles. The summed E-state index contributed by atoms with van der Waals surface area (Å²) in [5, 5.41) is 3.17. The number of thiazole rings is 1. The molecule has 1 aromatic carbocycles. The smallest absolute Gasteiger partial charge is 0.125 e. The van der Waals surface area contributed by atoms with Crippen LogP contribution in [-0.2, 0) is 12.4 Å². The molecule has 0 amide bonds. The second-order valence-electron chi connectivity index (χ2n) is 4.09. The van der Waals surface area contributed by atoms with Crippen LogP contribution in [0.25, 0.3) is 11.0 Å². The van der Waals surface area contributed by atoms with Crippen molar-refractivity contribution in [1.29, 1.82) is 0 Å². The molecule has 0 N–H and O–H groups in total. The van der Waals surface area contributed by atoms with Crippen molar-refractivity contribution in [3.8, 4) is 0 Å². The standard InChI is InChI=1S/C13H12ClN3S/c1-9-15-10(8-18-9)7-17-12-5-3-2-4-11(12)16-13(17)6-14/h2-5,8H,6-7H2,1H3. The first-order valence-corrected chi connectivity index (χ1v) is 7.10. The Labute approximate surface area is 114 Å². The number of hydrogen-bond acceptors (Lipinski definition) is 3. The molecule has 0 saturated heterocycles. The lowest BCUT2D eigenvalue weighted by atomic mass is 10.3. The van der Waals surface area contributed by atoms with Crippen molar-refractivity contribution in [1.82, 2.24) is 14.5 Å². The SMILES string of the molecule is Cc1nc(Cn2c(CCl)nc3ccccc32)cs1. The Kier molecular flexibility index (Phi) is 3.06. The highest BCUT2D eigenvalue weighted by Crippen LogP contribution is 2.19. The van der Waals surface area contributed by atoms with Crippen LogP contribution in [0.3, 0.4) is 0 Å². The van der Waals surface area contributed by atoms with Crippen LogP contribution in [-0.4, -0.2) is 14.5 Å². The molecule has 0 saturated carbocycles.